The van der Waals surface area contributed by atoms with E-state index >= 15 is 0 Å². The van der Waals surface area contributed by atoms with Crippen LogP contribution in [-0.4, -0.2) is 11.7 Å². The van der Waals surface area contributed by atoms with E-state index < -0.39 is 0 Å². The molecular formula is C17H20BrN2O+. The van der Waals surface area contributed by atoms with Gasteiger partial charge in [0, 0.05) is 36.4 Å². The van der Waals surface area contributed by atoms with Gasteiger partial charge in [0.05, 0.1) is 17.1 Å². The third kappa shape index (κ3) is 2.13. The zero-order valence-electron chi connectivity index (χ0n) is 12.9. The summed E-state index contributed by atoms with van der Waals surface area (Å²) in [5.74, 6) is 0.879. The van der Waals surface area contributed by atoms with Gasteiger partial charge in [-0.15, -0.1) is 0 Å². The van der Waals surface area contributed by atoms with E-state index in [1.54, 1.807) is 7.11 Å². The smallest absolute Gasteiger partial charge is 0.202 e. The summed E-state index contributed by atoms with van der Waals surface area (Å²) in [5.41, 5.74) is 3.84. The molecule has 0 bridgehead atoms. The Hall–Kier alpha value is -1.55. The third-order valence-corrected chi connectivity index (χ3v) is 4.78. The Kier molecular flexibility index (Phi) is 3.66. The van der Waals surface area contributed by atoms with Crippen LogP contribution in [0, 0.1) is 6.92 Å². The molecule has 0 saturated heterocycles. The first-order chi connectivity index (χ1) is 10.1. The summed E-state index contributed by atoms with van der Waals surface area (Å²) in [6.45, 7) is 5.40. The number of methoxy groups -OCH3 is 1. The number of fused-ring (bicyclic) bond motifs is 3. The van der Waals surface area contributed by atoms with Crippen molar-refractivity contribution in [2.75, 3.05) is 7.11 Å². The number of halogens is 1. The number of hydrogen-bond acceptors (Lipinski definition) is 1. The van der Waals surface area contributed by atoms with Crippen molar-refractivity contribution in [3.8, 4) is 5.75 Å². The van der Waals surface area contributed by atoms with E-state index in [1.165, 1.54) is 27.5 Å². The maximum absolute atomic E-state index is 5.47. The number of aryl methyl sites for hydroxylation is 3. The number of benzene rings is 1. The van der Waals surface area contributed by atoms with Crippen molar-refractivity contribution in [3.63, 3.8) is 0 Å². The fourth-order valence-electron chi connectivity index (χ4n) is 3.01. The lowest BCUT2D eigenvalue weighted by atomic mass is 10.1. The Morgan fingerprint density at radius 1 is 1.29 bits per heavy atom. The Morgan fingerprint density at radius 2 is 2.05 bits per heavy atom. The van der Waals surface area contributed by atoms with Gasteiger partial charge >= 0.3 is 0 Å². The predicted molar refractivity (Wildman–Crippen MR) is 89.9 cm³/mol. The number of hydrogen-bond donors (Lipinski definition) is 0. The topological polar surface area (TPSA) is 18.0 Å². The number of aromatic nitrogens is 2. The number of nitrogens with zero attached hydrogens (tertiary/aromatic N) is 2. The van der Waals surface area contributed by atoms with Crippen LogP contribution < -0.4 is 9.30 Å². The van der Waals surface area contributed by atoms with Crippen molar-refractivity contribution in [1.82, 2.24) is 4.57 Å². The van der Waals surface area contributed by atoms with Crippen molar-refractivity contribution in [2.45, 2.75) is 26.8 Å². The Bertz CT molecular complexity index is 836. The monoisotopic (exact) mass is 347 g/mol. The van der Waals surface area contributed by atoms with Crippen LogP contribution in [0.5, 0.6) is 5.75 Å². The normalized spacial score (nSPS) is 11.5. The van der Waals surface area contributed by atoms with Crippen LogP contribution in [0.4, 0.5) is 0 Å². The molecule has 1 aromatic carbocycles. The van der Waals surface area contributed by atoms with Gasteiger partial charge in [-0.05, 0) is 28.4 Å². The summed E-state index contributed by atoms with van der Waals surface area (Å²) in [6.07, 6.45) is 3.24. The summed E-state index contributed by atoms with van der Waals surface area (Å²) in [4.78, 5) is 0. The van der Waals surface area contributed by atoms with E-state index in [4.69, 9.17) is 4.74 Å². The summed E-state index contributed by atoms with van der Waals surface area (Å²) in [6, 6.07) is 6.51. The lowest BCUT2D eigenvalue weighted by Crippen LogP contribution is -2.31. The van der Waals surface area contributed by atoms with Crippen LogP contribution in [0.25, 0.3) is 21.8 Å². The van der Waals surface area contributed by atoms with E-state index in [2.05, 4.69) is 70.4 Å². The molecule has 0 fully saturated rings. The molecule has 3 aromatic rings. The number of pyridine rings is 1. The van der Waals surface area contributed by atoms with Crippen LogP contribution >= 0.6 is 15.9 Å². The molecule has 0 N–H and O–H groups in total. The summed E-state index contributed by atoms with van der Waals surface area (Å²) in [7, 11) is 3.81. The first-order valence-electron chi connectivity index (χ1n) is 7.23. The Balaban J connectivity index is 2.51. The molecular weight excluding hydrogens is 328 g/mol. The lowest BCUT2D eigenvalue weighted by molar-refractivity contribution is -0.676. The van der Waals surface area contributed by atoms with Crippen LogP contribution in [0.15, 0.2) is 28.9 Å². The minimum Gasteiger partial charge on any atom is -0.495 e. The maximum Gasteiger partial charge on any atom is 0.202 e. The van der Waals surface area contributed by atoms with E-state index in [-0.39, 0.29) is 0 Å². The molecule has 4 heteroatoms. The molecule has 0 spiro atoms. The van der Waals surface area contributed by atoms with Crippen LogP contribution in [-0.2, 0) is 13.6 Å². The average Bonchev–Trinajstić information content (AvgIpc) is 2.76. The molecule has 0 aliphatic heterocycles. The fourth-order valence-corrected chi connectivity index (χ4v) is 3.52. The van der Waals surface area contributed by atoms with Gasteiger partial charge in [-0.25, -0.2) is 4.57 Å². The van der Waals surface area contributed by atoms with Gasteiger partial charge in [0.1, 0.15) is 18.3 Å². The van der Waals surface area contributed by atoms with Crippen LogP contribution in [0.1, 0.15) is 19.0 Å². The van der Waals surface area contributed by atoms with Crippen LogP contribution in [0.2, 0.25) is 0 Å². The standard InChI is InChI=1S/C17H20BrN2O/c1-5-7-20-15-10-16(21-4)14(18)9-13(15)12-6-8-19(3)11(2)17(12)20/h6,8-10H,5,7H2,1-4H3/q+1. The summed E-state index contributed by atoms with van der Waals surface area (Å²) in [5, 5.41) is 2.58. The molecule has 0 saturated carbocycles. The summed E-state index contributed by atoms with van der Waals surface area (Å²) < 4.78 is 11.1. The zero-order chi connectivity index (χ0) is 15.1. The maximum atomic E-state index is 5.47. The lowest BCUT2D eigenvalue weighted by Gasteiger charge is -2.08. The summed E-state index contributed by atoms with van der Waals surface area (Å²) >= 11 is 3.61. The van der Waals surface area contributed by atoms with Gasteiger partial charge in [0.25, 0.3) is 0 Å². The van der Waals surface area contributed by atoms with Crippen molar-refractivity contribution < 1.29 is 9.30 Å². The first-order valence-corrected chi connectivity index (χ1v) is 8.02. The third-order valence-electron chi connectivity index (χ3n) is 4.16. The van der Waals surface area contributed by atoms with Crippen LogP contribution in [0.3, 0.4) is 0 Å². The SMILES string of the molecule is CCCn1c2cc(OC)c(Br)cc2c2cc[n+](C)c(C)c21. The second-order valence-electron chi connectivity index (χ2n) is 5.43. The van der Waals surface area contributed by atoms with Gasteiger partial charge in [-0.3, -0.25) is 0 Å². The second kappa shape index (κ2) is 5.34. The van der Waals surface area contributed by atoms with Gasteiger partial charge in [-0.1, -0.05) is 6.92 Å². The molecule has 2 aromatic heterocycles. The van der Waals surface area contributed by atoms with Gasteiger partial charge in [-0.2, -0.15) is 0 Å². The predicted octanol–water partition coefficient (Wildman–Crippen LogP) is 4.11. The molecule has 0 atom stereocenters. The molecule has 0 aliphatic carbocycles. The van der Waals surface area contributed by atoms with E-state index in [0.717, 1.165) is 23.2 Å². The highest BCUT2D eigenvalue weighted by Gasteiger charge is 2.18. The van der Waals surface area contributed by atoms with Gasteiger partial charge in [0.2, 0.25) is 5.69 Å². The molecule has 110 valence electrons. The van der Waals surface area contributed by atoms with E-state index in [0.29, 0.717) is 0 Å². The van der Waals surface area contributed by atoms with Crippen molar-refractivity contribution in [2.24, 2.45) is 7.05 Å². The van der Waals surface area contributed by atoms with Crippen molar-refractivity contribution in [1.29, 1.82) is 0 Å². The van der Waals surface area contributed by atoms with E-state index in [1.807, 2.05) is 0 Å². The Labute approximate surface area is 133 Å². The largest absolute Gasteiger partial charge is 0.495 e. The molecule has 3 rings (SSSR count). The molecule has 2 heterocycles. The van der Waals surface area contributed by atoms with Gasteiger partial charge < -0.3 is 9.30 Å². The molecule has 0 unspecified atom stereocenters. The molecule has 0 radical (unpaired) electrons. The highest BCUT2D eigenvalue weighted by molar-refractivity contribution is 9.10. The Morgan fingerprint density at radius 3 is 2.71 bits per heavy atom. The van der Waals surface area contributed by atoms with E-state index in [9.17, 15) is 0 Å². The minimum atomic E-state index is 0.879. The zero-order valence-corrected chi connectivity index (χ0v) is 14.5. The first kappa shape index (κ1) is 14.4. The average molecular weight is 348 g/mol. The quantitative estimate of drug-likeness (QED) is 0.652. The highest BCUT2D eigenvalue weighted by Crippen LogP contribution is 2.36. The number of rotatable bonds is 3. The minimum absolute atomic E-state index is 0.879. The van der Waals surface area contributed by atoms with Crippen molar-refractivity contribution in [3.05, 3.63) is 34.6 Å². The second-order valence-corrected chi connectivity index (χ2v) is 6.28. The molecule has 0 amide bonds. The molecule has 3 nitrogen and oxygen atoms in total. The van der Waals surface area contributed by atoms with Crippen molar-refractivity contribution >= 4 is 37.7 Å². The van der Waals surface area contributed by atoms with Gasteiger partial charge in [0.15, 0.2) is 6.20 Å². The highest BCUT2D eigenvalue weighted by atomic mass is 79.9. The number of ether oxygens (including phenoxy) is 1. The molecule has 0 aliphatic rings. The molecule has 21 heavy (non-hydrogen) atoms. The fraction of sp³-hybridized carbons (Fsp3) is 0.353.